The minimum atomic E-state index is -2.48. The fourth-order valence-corrected chi connectivity index (χ4v) is 3.38. The van der Waals surface area contributed by atoms with E-state index in [9.17, 15) is 13.6 Å². The summed E-state index contributed by atoms with van der Waals surface area (Å²) in [6.07, 6.45) is 0. The standard InChI is InChI=1S/C16H12ClF2N5OS2/c17-10-1-5-12(6-2-10)24-16(21-22-23-24)26-9-14(25)20-11-3-7-13(8-4-11)27-15(18)19/h1-8,15H,9H2,(H,20,25). The maximum Gasteiger partial charge on any atom is 0.288 e. The topological polar surface area (TPSA) is 72.7 Å². The van der Waals surface area contributed by atoms with E-state index in [1.54, 1.807) is 36.4 Å². The van der Waals surface area contributed by atoms with E-state index >= 15 is 0 Å². The SMILES string of the molecule is O=C(CSc1nnnn1-c1ccc(Cl)cc1)Nc1ccc(SC(F)F)cc1. The maximum atomic E-state index is 12.3. The molecule has 0 saturated carbocycles. The number of amides is 1. The predicted octanol–water partition coefficient (Wildman–Crippen LogP) is 4.36. The van der Waals surface area contributed by atoms with Crippen LogP contribution in [0.15, 0.2) is 58.6 Å². The molecule has 1 aromatic heterocycles. The van der Waals surface area contributed by atoms with Gasteiger partial charge in [0, 0.05) is 15.6 Å². The van der Waals surface area contributed by atoms with E-state index < -0.39 is 5.76 Å². The molecule has 0 bridgehead atoms. The zero-order valence-electron chi connectivity index (χ0n) is 13.6. The van der Waals surface area contributed by atoms with Crippen LogP contribution in [0.1, 0.15) is 0 Å². The number of nitrogens with zero attached hydrogens (tertiary/aromatic N) is 4. The first kappa shape index (κ1) is 19.6. The van der Waals surface area contributed by atoms with Crippen LogP contribution in [0.25, 0.3) is 5.69 Å². The van der Waals surface area contributed by atoms with Crippen LogP contribution in [0, 0.1) is 0 Å². The molecule has 1 heterocycles. The lowest BCUT2D eigenvalue weighted by Crippen LogP contribution is -2.14. The summed E-state index contributed by atoms with van der Waals surface area (Å²) in [7, 11) is 0. The number of carbonyl (C=O) groups is 1. The lowest BCUT2D eigenvalue weighted by molar-refractivity contribution is -0.113. The Morgan fingerprint density at radius 3 is 2.52 bits per heavy atom. The molecule has 1 N–H and O–H groups in total. The van der Waals surface area contributed by atoms with E-state index in [0.29, 0.717) is 32.5 Å². The second kappa shape index (κ2) is 9.16. The molecule has 6 nitrogen and oxygen atoms in total. The molecule has 2 aromatic carbocycles. The molecule has 0 aliphatic heterocycles. The number of aromatic nitrogens is 4. The zero-order chi connectivity index (χ0) is 19.2. The number of rotatable bonds is 7. The number of anilines is 1. The van der Waals surface area contributed by atoms with Crippen molar-refractivity contribution in [1.29, 1.82) is 0 Å². The molecule has 0 radical (unpaired) electrons. The highest BCUT2D eigenvalue weighted by Gasteiger charge is 2.12. The monoisotopic (exact) mass is 427 g/mol. The number of halogens is 3. The Balaban J connectivity index is 1.57. The normalized spacial score (nSPS) is 11.0. The van der Waals surface area contributed by atoms with Crippen molar-refractivity contribution >= 4 is 46.7 Å². The van der Waals surface area contributed by atoms with Crippen molar-refractivity contribution in [3.63, 3.8) is 0 Å². The molecular weight excluding hydrogens is 416 g/mol. The van der Waals surface area contributed by atoms with Crippen molar-refractivity contribution in [2.75, 3.05) is 11.1 Å². The van der Waals surface area contributed by atoms with Gasteiger partial charge in [0.05, 0.1) is 11.4 Å². The summed E-state index contributed by atoms with van der Waals surface area (Å²) in [6, 6.07) is 13.2. The zero-order valence-corrected chi connectivity index (χ0v) is 15.9. The highest BCUT2D eigenvalue weighted by molar-refractivity contribution is 8.00. The molecule has 27 heavy (non-hydrogen) atoms. The number of thioether (sulfide) groups is 2. The second-order valence-corrected chi connectivity index (χ2v) is 7.53. The second-order valence-electron chi connectivity index (χ2n) is 5.09. The summed E-state index contributed by atoms with van der Waals surface area (Å²) < 4.78 is 26.1. The summed E-state index contributed by atoms with van der Waals surface area (Å²) in [4.78, 5) is 12.5. The Morgan fingerprint density at radius 1 is 1.15 bits per heavy atom. The van der Waals surface area contributed by atoms with Crippen LogP contribution in [0.3, 0.4) is 0 Å². The van der Waals surface area contributed by atoms with Crippen LogP contribution in [0.5, 0.6) is 0 Å². The molecule has 0 atom stereocenters. The summed E-state index contributed by atoms with van der Waals surface area (Å²) in [5.74, 6) is -2.66. The van der Waals surface area contributed by atoms with Crippen molar-refractivity contribution in [1.82, 2.24) is 20.2 Å². The van der Waals surface area contributed by atoms with Crippen LogP contribution in [0.2, 0.25) is 5.02 Å². The van der Waals surface area contributed by atoms with Crippen LogP contribution in [-0.4, -0.2) is 37.6 Å². The van der Waals surface area contributed by atoms with Gasteiger partial charge in [0.25, 0.3) is 5.76 Å². The van der Waals surface area contributed by atoms with Crippen molar-refractivity contribution in [2.45, 2.75) is 15.8 Å². The number of tetrazole rings is 1. The highest BCUT2D eigenvalue weighted by atomic mass is 35.5. The molecular formula is C16H12ClF2N5OS2. The number of carbonyl (C=O) groups excluding carboxylic acids is 1. The van der Waals surface area contributed by atoms with Crippen molar-refractivity contribution in [3.05, 3.63) is 53.6 Å². The molecule has 0 spiro atoms. The van der Waals surface area contributed by atoms with Gasteiger partial charge < -0.3 is 5.32 Å². The molecule has 3 aromatic rings. The van der Waals surface area contributed by atoms with E-state index in [4.69, 9.17) is 11.6 Å². The third-order valence-electron chi connectivity index (χ3n) is 3.21. The number of nitrogens with one attached hydrogen (secondary N) is 1. The fourth-order valence-electron chi connectivity index (χ4n) is 2.06. The first-order valence-electron chi connectivity index (χ1n) is 7.53. The van der Waals surface area contributed by atoms with Crippen LogP contribution in [0.4, 0.5) is 14.5 Å². The van der Waals surface area contributed by atoms with Crippen LogP contribution < -0.4 is 5.32 Å². The van der Waals surface area contributed by atoms with Gasteiger partial charge in [-0.1, -0.05) is 35.1 Å². The van der Waals surface area contributed by atoms with Gasteiger partial charge in [0.1, 0.15) is 0 Å². The minimum absolute atomic E-state index is 0.0848. The van der Waals surface area contributed by atoms with Crippen molar-refractivity contribution in [3.8, 4) is 5.69 Å². The molecule has 140 valence electrons. The Kier molecular flexibility index (Phi) is 6.64. The third kappa shape index (κ3) is 5.65. The maximum absolute atomic E-state index is 12.3. The largest absolute Gasteiger partial charge is 0.325 e. The third-order valence-corrected chi connectivity index (χ3v) is 5.10. The minimum Gasteiger partial charge on any atom is -0.325 e. The van der Waals surface area contributed by atoms with E-state index in [1.165, 1.54) is 28.6 Å². The van der Waals surface area contributed by atoms with Gasteiger partial charge in [0.2, 0.25) is 11.1 Å². The molecule has 0 fully saturated rings. The van der Waals surface area contributed by atoms with Crippen LogP contribution >= 0.6 is 35.1 Å². The molecule has 3 rings (SSSR count). The average molecular weight is 428 g/mol. The van der Waals surface area contributed by atoms with E-state index in [1.807, 2.05) is 0 Å². The Morgan fingerprint density at radius 2 is 1.85 bits per heavy atom. The van der Waals surface area contributed by atoms with Crippen molar-refractivity contribution < 1.29 is 13.6 Å². The molecule has 0 saturated heterocycles. The van der Waals surface area contributed by atoms with Gasteiger partial charge in [0.15, 0.2) is 0 Å². The van der Waals surface area contributed by atoms with E-state index in [2.05, 4.69) is 20.8 Å². The molecule has 0 aliphatic rings. The fraction of sp³-hybridized carbons (Fsp3) is 0.125. The molecule has 0 aliphatic carbocycles. The Bertz CT molecular complexity index is 906. The number of hydrogen-bond donors (Lipinski definition) is 1. The summed E-state index contributed by atoms with van der Waals surface area (Å²) in [6.45, 7) is 0. The van der Waals surface area contributed by atoms with Gasteiger partial charge in [-0.25, -0.2) is 0 Å². The molecule has 0 unspecified atom stereocenters. The van der Waals surface area contributed by atoms with Gasteiger partial charge in [-0.15, -0.1) is 5.10 Å². The van der Waals surface area contributed by atoms with Crippen LogP contribution in [-0.2, 0) is 4.79 Å². The Labute approximate surface area is 166 Å². The average Bonchev–Trinajstić information content (AvgIpc) is 3.10. The molecule has 11 heteroatoms. The van der Waals surface area contributed by atoms with Gasteiger partial charge in [-0.05, 0) is 59.0 Å². The first-order valence-corrected chi connectivity index (χ1v) is 9.77. The lowest BCUT2D eigenvalue weighted by Gasteiger charge is -2.07. The van der Waals surface area contributed by atoms with Gasteiger partial charge in [-0.2, -0.15) is 13.5 Å². The summed E-state index contributed by atoms with van der Waals surface area (Å²) in [5.41, 5.74) is 1.25. The van der Waals surface area contributed by atoms with Gasteiger partial charge in [-0.3, -0.25) is 4.79 Å². The smallest absolute Gasteiger partial charge is 0.288 e. The summed E-state index contributed by atoms with van der Waals surface area (Å²) in [5, 5.41) is 15.2. The number of alkyl halides is 2. The summed E-state index contributed by atoms with van der Waals surface area (Å²) >= 11 is 7.49. The number of benzene rings is 2. The quantitative estimate of drug-likeness (QED) is 0.565. The van der Waals surface area contributed by atoms with E-state index in [-0.39, 0.29) is 11.7 Å². The lowest BCUT2D eigenvalue weighted by atomic mass is 10.3. The molecule has 1 amide bonds. The predicted molar refractivity (Wildman–Crippen MR) is 102 cm³/mol. The first-order chi connectivity index (χ1) is 13.0. The Hall–Kier alpha value is -2.17. The number of hydrogen-bond acceptors (Lipinski definition) is 6. The highest BCUT2D eigenvalue weighted by Crippen LogP contribution is 2.26. The van der Waals surface area contributed by atoms with Gasteiger partial charge >= 0.3 is 0 Å². The van der Waals surface area contributed by atoms with E-state index in [0.717, 1.165) is 5.69 Å². The van der Waals surface area contributed by atoms with Crippen molar-refractivity contribution in [2.24, 2.45) is 0 Å².